The van der Waals surface area contributed by atoms with E-state index in [2.05, 4.69) is 5.32 Å². The molecule has 0 saturated carbocycles. The minimum absolute atomic E-state index is 0.0553. The van der Waals surface area contributed by atoms with Crippen molar-refractivity contribution < 1.29 is 14.5 Å². The van der Waals surface area contributed by atoms with Gasteiger partial charge in [0, 0.05) is 27.9 Å². The molecule has 3 aromatic carbocycles. The zero-order valence-corrected chi connectivity index (χ0v) is 16.6. The maximum Gasteiger partial charge on any atom is 0.288 e. The lowest BCUT2D eigenvalue weighted by Gasteiger charge is -2.11. The van der Waals surface area contributed by atoms with Crippen LogP contribution in [-0.4, -0.2) is 16.6 Å². The Morgan fingerprint density at radius 3 is 2.28 bits per heavy atom. The number of nitrogens with zero attached hydrogens (tertiary/aromatic N) is 1. The van der Waals surface area contributed by atoms with Gasteiger partial charge in [0.2, 0.25) is 0 Å². The maximum atomic E-state index is 12.9. The molecule has 0 atom stereocenters. The van der Waals surface area contributed by atoms with Crippen LogP contribution in [0.15, 0.2) is 60.7 Å². The third kappa shape index (κ3) is 4.45. The van der Waals surface area contributed by atoms with Gasteiger partial charge in [0.15, 0.2) is 5.78 Å². The van der Waals surface area contributed by atoms with E-state index in [4.69, 9.17) is 23.2 Å². The Morgan fingerprint density at radius 1 is 0.931 bits per heavy atom. The van der Waals surface area contributed by atoms with Crippen molar-refractivity contribution >= 4 is 46.3 Å². The van der Waals surface area contributed by atoms with Gasteiger partial charge in [-0.05, 0) is 42.8 Å². The molecule has 1 N–H and O–H groups in total. The third-order valence-corrected chi connectivity index (χ3v) is 4.98. The van der Waals surface area contributed by atoms with Gasteiger partial charge in [-0.3, -0.25) is 19.7 Å². The van der Waals surface area contributed by atoms with E-state index in [0.29, 0.717) is 10.7 Å². The number of hydrogen-bond donors (Lipinski definition) is 1. The molecule has 0 heterocycles. The summed E-state index contributed by atoms with van der Waals surface area (Å²) < 4.78 is 0. The first-order valence-corrected chi connectivity index (χ1v) is 9.18. The molecule has 0 fully saturated rings. The summed E-state index contributed by atoms with van der Waals surface area (Å²) in [7, 11) is 0. The Bertz CT molecular complexity index is 1150. The predicted molar refractivity (Wildman–Crippen MR) is 112 cm³/mol. The number of carbonyl (C=O) groups is 2. The van der Waals surface area contributed by atoms with Crippen molar-refractivity contribution in [1.29, 1.82) is 0 Å². The van der Waals surface area contributed by atoms with Crippen molar-refractivity contribution in [1.82, 2.24) is 0 Å². The summed E-state index contributed by atoms with van der Waals surface area (Å²) in [6.45, 7) is 1.84. The molecule has 0 aromatic heterocycles. The van der Waals surface area contributed by atoms with Gasteiger partial charge in [0.05, 0.1) is 10.5 Å². The van der Waals surface area contributed by atoms with Crippen LogP contribution >= 0.6 is 23.2 Å². The number of carbonyl (C=O) groups excluding carboxylic acids is 2. The number of anilines is 1. The number of rotatable bonds is 5. The minimum Gasteiger partial charge on any atom is -0.322 e. The Labute approximate surface area is 176 Å². The topological polar surface area (TPSA) is 89.3 Å². The van der Waals surface area contributed by atoms with Gasteiger partial charge in [0.1, 0.15) is 5.02 Å². The van der Waals surface area contributed by atoms with E-state index in [-0.39, 0.29) is 27.4 Å². The highest BCUT2D eigenvalue weighted by molar-refractivity contribution is 6.33. The van der Waals surface area contributed by atoms with Crippen molar-refractivity contribution in [3.63, 3.8) is 0 Å². The molecule has 0 unspecified atom stereocenters. The van der Waals surface area contributed by atoms with Crippen molar-refractivity contribution in [2.24, 2.45) is 0 Å². The number of amides is 1. The molecule has 0 aliphatic heterocycles. The largest absolute Gasteiger partial charge is 0.322 e. The summed E-state index contributed by atoms with van der Waals surface area (Å²) in [5.74, 6) is -1.03. The molecule has 0 aliphatic rings. The highest BCUT2D eigenvalue weighted by Gasteiger charge is 2.21. The zero-order valence-electron chi connectivity index (χ0n) is 15.1. The van der Waals surface area contributed by atoms with Crippen molar-refractivity contribution in [3.8, 4) is 0 Å². The third-order valence-electron chi connectivity index (χ3n) is 4.25. The zero-order chi connectivity index (χ0) is 21.1. The lowest BCUT2D eigenvalue weighted by Crippen LogP contribution is -2.17. The van der Waals surface area contributed by atoms with Gasteiger partial charge >= 0.3 is 0 Å². The number of nitro groups is 1. The first-order chi connectivity index (χ1) is 13.8. The lowest BCUT2D eigenvalue weighted by atomic mass is 9.97. The Balaban J connectivity index is 1.95. The first-order valence-electron chi connectivity index (χ1n) is 8.43. The smallest absolute Gasteiger partial charge is 0.288 e. The lowest BCUT2D eigenvalue weighted by molar-refractivity contribution is -0.384. The highest BCUT2D eigenvalue weighted by Crippen LogP contribution is 2.27. The fourth-order valence-electron chi connectivity index (χ4n) is 2.70. The van der Waals surface area contributed by atoms with Crippen LogP contribution in [0.4, 0.5) is 11.4 Å². The SMILES string of the molecule is Cc1ccc(NC(=O)c2ccccc2C(=O)c2ccc(Cl)c([N+](=O)[O-])c2)cc1Cl. The number of nitro benzene ring substituents is 1. The van der Waals surface area contributed by atoms with E-state index in [0.717, 1.165) is 11.6 Å². The molecular weight excluding hydrogens is 415 g/mol. The fraction of sp³-hybridized carbons (Fsp3) is 0.0476. The van der Waals surface area contributed by atoms with Crippen LogP contribution in [0.1, 0.15) is 31.8 Å². The van der Waals surface area contributed by atoms with Crippen LogP contribution in [0.2, 0.25) is 10.0 Å². The van der Waals surface area contributed by atoms with E-state index < -0.39 is 16.6 Å². The van der Waals surface area contributed by atoms with E-state index in [9.17, 15) is 19.7 Å². The van der Waals surface area contributed by atoms with Gasteiger partial charge in [-0.25, -0.2) is 0 Å². The molecule has 0 bridgehead atoms. The fourth-order valence-corrected chi connectivity index (χ4v) is 3.06. The summed E-state index contributed by atoms with van der Waals surface area (Å²) in [6.07, 6.45) is 0. The maximum absolute atomic E-state index is 12.9. The molecule has 146 valence electrons. The van der Waals surface area contributed by atoms with E-state index >= 15 is 0 Å². The molecule has 0 spiro atoms. The van der Waals surface area contributed by atoms with Gasteiger partial charge in [-0.15, -0.1) is 0 Å². The molecule has 3 rings (SSSR count). The first kappa shape index (κ1) is 20.5. The minimum atomic E-state index is -0.668. The number of nitrogens with one attached hydrogen (secondary N) is 1. The molecular formula is C21H14Cl2N2O4. The van der Waals surface area contributed by atoms with Gasteiger partial charge in [-0.2, -0.15) is 0 Å². The van der Waals surface area contributed by atoms with Crippen LogP contribution in [-0.2, 0) is 0 Å². The van der Waals surface area contributed by atoms with Gasteiger partial charge in [-0.1, -0.05) is 47.5 Å². The van der Waals surface area contributed by atoms with E-state index in [1.165, 1.54) is 24.3 Å². The summed E-state index contributed by atoms with van der Waals surface area (Å²) in [5.41, 5.74) is 1.26. The second kappa shape index (κ2) is 8.43. The number of aryl methyl sites for hydroxylation is 1. The second-order valence-corrected chi connectivity index (χ2v) is 7.03. The summed E-state index contributed by atoms with van der Waals surface area (Å²) in [5, 5.41) is 14.2. The van der Waals surface area contributed by atoms with Crippen molar-refractivity contribution in [2.45, 2.75) is 6.92 Å². The molecule has 0 radical (unpaired) electrons. The summed E-state index contributed by atoms with van der Waals surface area (Å²) in [4.78, 5) is 36.1. The van der Waals surface area contributed by atoms with Crippen molar-refractivity contribution in [2.75, 3.05) is 5.32 Å². The Kier molecular flexibility index (Phi) is 5.96. The van der Waals surface area contributed by atoms with E-state index in [1.807, 2.05) is 6.92 Å². The molecule has 0 saturated heterocycles. The predicted octanol–water partition coefficient (Wildman–Crippen LogP) is 5.69. The van der Waals surface area contributed by atoms with Gasteiger partial charge in [0.25, 0.3) is 11.6 Å². The number of hydrogen-bond acceptors (Lipinski definition) is 4. The van der Waals surface area contributed by atoms with Crippen molar-refractivity contribution in [3.05, 3.63) is 103 Å². The molecule has 3 aromatic rings. The molecule has 8 heteroatoms. The van der Waals surface area contributed by atoms with Crippen LogP contribution in [0.25, 0.3) is 0 Å². The van der Waals surface area contributed by atoms with E-state index in [1.54, 1.807) is 30.3 Å². The van der Waals surface area contributed by atoms with Crippen LogP contribution in [0.5, 0.6) is 0 Å². The van der Waals surface area contributed by atoms with Crippen LogP contribution in [0, 0.1) is 17.0 Å². The summed E-state index contributed by atoms with van der Waals surface area (Å²) >= 11 is 11.9. The highest BCUT2D eigenvalue weighted by atomic mass is 35.5. The van der Waals surface area contributed by atoms with Crippen LogP contribution < -0.4 is 5.32 Å². The Hall–Kier alpha value is -3.22. The standard InChI is InChI=1S/C21H14Cl2N2O4/c1-12-6-8-14(11-18(12)23)24-21(27)16-5-3-2-4-15(16)20(26)13-7-9-17(22)19(10-13)25(28)29/h2-11H,1H3,(H,24,27). The second-order valence-electron chi connectivity index (χ2n) is 6.22. The number of ketones is 1. The molecule has 29 heavy (non-hydrogen) atoms. The summed E-state index contributed by atoms with van der Waals surface area (Å²) in [6, 6.07) is 15.1. The molecule has 0 aliphatic carbocycles. The van der Waals surface area contributed by atoms with Crippen LogP contribution in [0.3, 0.4) is 0 Å². The number of halogens is 2. The average molecular weight is 429 g/mol. The number of benzene rings is 3. The quantitative estimate of drug-likeness (QED) is 0.320. The molecule has 1 amide bonds. The normalized spacial score (nSPS) is 10.4. The van der Waals surface area contributed by atoms with Gasteiger partial charge < -0.3 is 5.32 Å². The molecule has 6 nitrogen and oxygen atoms in total. The average Bonchev–Trinajstić information content (AvgIpc) is 2.70. The Morgan fingerprint density at radius 2 is 1.62 bits per heavy atom. The monoisotopic (exact) mass is 428 g/mol.